The Morgan fingerprint density at radius 3 is 0.762 bits per heavy atom. The minimum absolute atomic E-state index is 0.0726. The molecule has 0 saturated heterocycles. The highest BCUT2D eigenvalue weighted by Gasteiger charge is 2.19. The van der Waals surface area contributed by atoms with E-state index >= 15 is 0 Å². The van der Waals surface area contributed by atoms with Crippen LogP contribution in [0.15, 0.2) is 72.9 Å². The SMILES string of the molecule is CC/C=C\C/C=C\C/C=C\C/C=C\CCCCCCCCCCCCC(=O)OC(COC(=O)CCCCCCCCCCCCCC)COC(=O)CCCCCCCCCCCCCCCCC/C=C\C/C=C\CCCCCCC. The summed E-state index contributed by atoms with van der Waals surface area (Å²) in [6.07, 6.45) is 89.3. The fourth-order valence-corrected chi connectivity index (χ4v) is 10.2. The molecular formula is C74H132O6. The van der Waals surface area contributed by atoms with Crippen LogP contribution in [0.1, 0.15) is 361 Å². The molecule has 0 fully saturated rings. The molecule has 464 valence electrons. The average Bonchev–Trinajstić information content (AvgIpc) is 3.46. The summed E-state index contributed by atoms with van der Waals surface area (Å²) in [7, 11) is 0. The molecule has 80 heavy (non-hydrogen) atoms. The smallest absolute Gasteiger partial charge is 0.306 e. The van der Waals surface area contributed by atoms with Crippen molar-refractivity contribution < 1.29 is 28.6 Å². The minimum Gasteiger partial charge on any atom is -0.462 e. The number of ether oxygens (including phenoxy) is 3. The van der Waals surface area contributed by atoms with Crippen LogP contribution in [0.3, 0.4) is 0 Å². The van der Waals surface area contributed by atoms with Crippen LogP contribution in [0.2, 0.25) is 0 Å². The van der Waals surface area contributed by atoms with E-state index in [-0.39, 0.29) is 31.1 Å². The third kappa shape index (κ3) is 65.7. The lowest BCUT2D eigenvalue weighted by Crippen LogP contribution is -2.30. The van der Waals surface area contributed by atoms with Crippen LogP contribution in [-0.4, -0.2) is 37.2 Å². The Kier molecular flexibility index (Phi) is 65.7. The van der Waals surface area contributed by atoms with Crippen LogP contribution in [0, 0.1) is 0 Å². The number of esters is 3. The summed E-state index contributed by atoms with van der Waals surface area (Å²) < 4.78 is 17.0. The standard InChI is InChI=1S/C74H132O6/c1-4-7-10-13-16-19-22-25-27-29-31-33-35-36-37-38-40-41-43-45-47-49-52-55-58-61-64-67-73(76)79-70-71(69-78-72(75)66-63-60-57-54-51-24-21-18-15-12-9-6-3)80-74(77)68-65-62-59-56-53-50-48-46-44-42-39-34-32-30-28-26-23-20-17-14-11-8-5-2/h8,11,17,20,22,25-26,28-29,31-32,34,71H,4-7,9-10,12-16,18-19,21,23-24,27,30,33,35-70H2,1-3H3/b11-8-,20-17-,25-22-,28-26-,31-29-,34-32-. The van der Waals surface area contributed by atoms with Gasteiger partial charge in [0, 0.05) is 19.3 Å². The second-order valence-corrected chi connectivity index (χ2v) is 23.4. The summed E-state index contributed by atoms with van der Waals surface area (Å²) in [6.45, 7) is 6.56. The van der Waals surface area contributed by atoms with Crippen LogP contribution in [0.25, 0.3) is 0 Å². The Morgan fingerprint density at radius 2 is 0.487 bits per heavy atom. The first-order chi connectivity index (χ1) is 39.5. The lowest BCUT2D eigenvalue weighted by Gasteiger charge is -2.18. The summed E-state index contributed by atoms with van der Waals surface area (Å²) in [5.41, 5.74) is 0. The first-order valence-electron chi connectivity index (χ1n) is 34.9. The maximum Gasteiger partial charge on any atom is 0.306 e. The second kappa shape index (κ2) is 68.3. The van der Waals surface area contributed by atoms with Crippen molar-refractivity contribution in [3.63, 3.8) is 0 Å². The number of carbonyl (C=O) groups excluding carboxylic acids is 3. The highest BCUT2D eigenvalue weighted by molar-refractivity contribution is 5.71. The molecule has 0 aliphatic rings. The minimum atomic E-state index is -0.777. The van der Waals surface area contributed by atoms with E-state index in [9.17, 15) is 14.4 Å². The van der Waals surface area contributed by atoms with E-state index < -0.39 is 6.10 Å². The van der Waals surface area contributed by atoms with Crippen LogP contribution in [0.4, 0.5) is 0 Å². The summed E-state index contributed by atoms with van der Waals surface area (Å²) >= 11 is 0. The maximum atomic E-state index is 12.9. The van der Waals surface area contributed by atoms with Gasteiger partial charge in [0.25, 0.3) is 0 Å². The van der Waals surface area contributed by atoms with Gasteiger partial charge >= 0.3 is 17.9 Å². The molecule has 6 heteroatoms. The van der Waals surface area contributed by atoms with E-state index in [1.165, 1.54) is 231 Å². The third-order valence-electron chi connectivity index (χ3n) is 15.4. The van der Waals surface area contributed by atoms with E-state index in [1.807, 2.05) is 0 Å². The average molecular weight is 1120 g/mol. The zero-order chi connectivity index (χ0) is 57.8. The molecule has 0 amide bonds. The predicted molar refractivity (Wildman–Crippen MR) is 348 cm³/mol. The molecule has 0 bridgehead atoms. The maximum absolute atomic E-state index is 12.9. The number of hydrogen-bond donors (Lipinski definition) is 0. The quantitative estimate of drug-likeness (QED) is 0.0261. The van der Waals surface area contributed by atoms with Gasteiger partial charge in [-0.2, -0.15) is 0 Å². The molecule has 0 heterocycles. The molecule has 1 atom stereocenters. The molecule has 1 unspecified atom stereocenters. The Hall–Kier alpha value is -3.15. The molecule has 0 spiro atoms. The Labute approximate surface area is 497 Å². The predicted octanol–water partition coefficient (Wildman–Crippen LogP) is 24.1. The highest BCUT2D eigenvalue weighted by atomic mass is 16.6. The van der Waals surface area contributed by atoms with Gasteiger partial charge in [0.1, 0.15) is 13.2 Å². The third-order valence-corrected chi connectivity index (χ3v) is 15.4. The normalized spacial score (nSPS) is 12.5. The van der Waals surface area contributed by atoms with E-state index in [0.717, 1.165) is 89.9 Å². The Morgan fingerprint density at radius 1 is 0.263 bits per heavy atom. The van der Waals surface area contributed by atoms with Gasteiger partial charge in [-0.3, -0.25) is 14.4 Å². The first-order valence-corrected chi connectivity index (χ1v) is 34.9. The molecule has 0 radical (unpaired) electrons. The number of unbranched alkanes of at least 4 members (excludes halogenated alkanes) is 41. The van der Waals surface area contributed by atoms with E-state index in [0.29, 0.717) is 19.3 Å². The fraction of sp³-hybridized carbons (Fsp3) is 0.797. The second-order valence-electron chi connectivity index (χ2n) is 23.4. The molecule has 0 aromatic heterocycles. The number of hydrogen-bond acceptors (Lipinski definition) is 6. The molecule has 6 nitrogen and oxygen atoms in total. The van der Waals surface area contributed by atoms with Crippen molar-refractivity contribution in [3.8, 4) is 0 Å². The van der Waals surface area contributed by atoms with Crippen molar-refractivity contribution in [2.45, 2.75) is 367 Å². The number of carbonyl (C=O) groups is 3. The largest absolute Gasteiger partial charge is 0.462 e. The molecule has 0 aliphatic heterocycles. The molecule has 0 saturated carbocycles. The molecule has 0 aromatic carbocycles. The lowest BCUT2D eigenvalue weighted by atomic mass is 10.0. The van der Waals surface area contributed by atoms with Crippen LogP contribution in [0.5, 0.6) is 0 Å². The van der Waals surface area contributed by atoms with Gasteiger partial charge in [0.15, 0.2) is 6.10 Å². The molecule has 0 rings (SSSR count). The number of rotatable bonds is 64. The molecule has 0 aliphatic carbocycles. The van der Waals surface area contributed by atoms with E-state index in [1.54, 1.807) is 0 Å². The zero-order valence-corrected chi connectivity index (χ0v) is 53.3. The summed E-state index contributed by atoms with van der Waals surface area (Å²) in [6, 6.07) is 0. The van der Waals surface area contributed by atoms with E-state index in [4.69, 9.17) is 14.2 Å². The van der Waals surface area contributed by atoms with Gasteiger partial charge in [-0.05, 0) is 89.9 Å². The van der Waals surface area contributed by atoms with Gasteiger partial charge in [0.05, 0.1) is 0 Å². The van der Waals surface area contributed by atoms with Gasteiger partial charge in [0.2, 0.25) is 0 Å². The molecule has 0 N–H and O–H groups in total. The summed E-state index contributed by atoms with van der Waals surface area (Å²) in [4.78, 5) is 38.4. The van der Waals surface area contributed by atoms with Crippen molar-refractivity contribution in [3.05, 3.63) is 72.9 Å². The van der Waals surface area contributed by atoms with Gasteiger partial charge in [-0.15, -0.1) is 0 Å². The lowest BCUT2D eigenvalue weighted by molar-refractivity contribution is -0.167. The van der Waals surface area contributed by atoms with Gasteiger partial charge < -0.3 is 14.2 Å². The Bertz CT molecular complexity index is 1470. The Balaban J connectivity index is 4.23. The van der Waals surface area contributed by atoms with Gasteiger partial charge in [-0.25, -0.2) is 0 Å². The van der Waals surface area contributed by atoms with E-state index in [2.05, 4.69) is 93.7 Å². The van der Waals surface area contributed by atoms with Crippen LogP contribution >= 0.6 is 0 Å². The summed E-state index contributed by atoms with van der Waals surface area (Å²) in [5, 5.41) is 0. The van der Waals surface area contributed by atoms with Crippen molar-refractivity contribution in [1.29, 1.82) is 0 Å². The molecule has 0 aromatic rings. The number of allylic oxidation sites excluding steroid dienone is 12. The monoisotopic (exact) mass is 1120 g/mol. The van der Waals surface area contributed by atoms with Crippen LogP contribution < -0.4 is 0 Å². The molecular weight excluding hydrogens is 985 g/mol. The van der Waals surface area contributed by atoms with Crippen molar-refractivity contribution in [1.82, 2.24) is 0 Å². The van der Waals surface area contributed by atoms with Gasteiger partial charge in [-0.1, -0.05) is 325 Å². The van der Waals surface area contributed by atoms with Crippen LogP contribution in [-0.2, 0) is 28.6 Å². The first kappa shape index (κ1) is 76.9. The topological polar surface area (TPSA) is 78.9 Å². The highest BCUT2D eigenvalue weighted by Crippen LogP contribution is 2.18. The van der Waals surface area contributed by atoms with Crippen molar-refractivity contribution in [2.75, 3.05) is 13.2 Å². The van der Waals surface area contributed by atoms with Crippen molar-refractivity contribution in [2.24, 2.45) is 0 Å². The summed E-state index contributed by atoms with van der Waals surface area (Å²) in [5.74, 6) is -0.856. The zero-order valence-electron chi connectivity index (χ0n) is 53.3. The van der Waals surface area contributed by atoms with Crippen molar-refractivity contribution >= 4 is 17.9 Å². The fourth-order valence-electron chi connectivity index (χ4n) is 10.2.